The molecule has 1 fully saturated rings. The van der Waals surface area contributed by atoms with Crippen LogP contribution in [0.3, 0.4) is 0 Å². The van der Waals surface area contributed by atoms with Gasteiger partial charge in [0.1, 0.15) is 23.1 Å². The molecule has 36 heavy (non-hydrogen) atoms. The van der Waals surface area contributed by atoms with Crippen LogP contribution in [-0.4, -0.2) is 47.8 Å². The third kappa shape index (κ3) is 4.68. The molecule has 186 valence electrons. The average Bonchev–Trinajstić information content (AvgIpc) is 3.32. The van der Waals surface area contributed by atoms with Crippen LogP contribution in [0, 0.1) is 18.7 Å². The average molecular weight is 490 g/mol. The number of nitrogens with one attached hydrogen (secondary N) is 1. The van der Waals surface area contributed by atoms with Crippen molar-refractivity contribution in [3.05, 3.63) is 66.1 Å². The molecule has 1 amide bonds. The van der Waals surface area contributed by atoms with Gasteiger partial charge in [0.15, 0.2) is 5.65 Å². The van der Waals surface area contributed by atoms with Crippen molar-refractivity contribution >= 4 is 23.1 Å². The van der Waals surface area contributed by atoms with Crippen LogP contribution in [0.4, 0.5) is 15.9 Å². The number of rotatable bonds is 6. The number of hydrogen-bond acceptors (Lipinski definition) is 6. The van der Waals surface area contributed by atoms with Crippen molar-refractivity contribution in [2.45, 2.75) is 19.8 Å². The van der Waals surface area contributed by atoms with E-state index < -0.39 is 0 Å². The molecule has 5 rings (SSSR count). The van der Waals surface area contributed by atoms with Crippen molar-refractivity contribution in [2.75, 3.05) is 37.5 Å². The third-order valence-corrected chi connectivity index (χ3v) is 6.53. The first-order chi connectivity index (χ1) is 17.4. The second kappa shape index (κ2) is 9.85. The van der Waals surface area contributed by atoms with E-state index in [9.17, 15) is 9.18 Å². The van der Waals surface area contributed by atoms with Crippen molar-refractivity contribution < 1.29 is 18.7 Å². The molecule has 1 N–H and O–H groups in total. The van der Waals surface area contributed by atoms with Gasteiger partial charge < -0.3 is 19.7 Å². The van der Waals surface area contributed by atoms with E-state index >= 15 is 0 Å². The molecule has 0 spiro atoms. The standard InChI is InChI=1S/C27H28FN5O3/c1-17-14-26(33-25(29-17)16-23(31-33)18-4-6-20(28)7-5-18)32-12-10-19(11-13-32)27(34)30-22-9-8-21(35-2)15-24(22)36-3/h4-9,14-16,19H,10-13H2,1-3H3,(H,30,34). The van der Waals surface area contributed by atoms with Crippen molar-refractivity contribution in [3.63, 3.8) is 0 Å². The topological polar surface area (TPSA) is 81.0 Å². The number of piperidine rings is 1. The highest BCUT2D eigenvalue weighted by Crippen LogP contribution is 2.31. The van der Waals surface area contributed by atoms with E-state index in [1.165, 1.54) is 12.1 Å². The van der Waals surface area contributed by atoms with Gasteiger partial charge in [0.05, 0.1) is 25.6 Å². The Hall–Kier alpha value is -4.14. The summed E-state index contributed by atoms with van der Waals surface area (Å²) in [5.41, 5.74) is 3.80. The summed E-state index contributed by atoms with van der Waals surface area (Å²) < 4.78 is 25.8. The number of halogens is 1. The molecule has 0 radical (unpaired) electrons. The molecule has 9 heteroatoms. The first-order valence-electron chi connectivity index (χ1n) is 11.9. The number of ether oxygens (including phenoxy) is 2. The fourth-order valence-corrected chi connectivity index (χ4v) is 4.57. The van der Waals surface area contributed by atoms with Gasteiger partial charge in [-0.05, 0) is 56.2 Å². The molecule has 2 aromatic carbocycles. The molecule has 0 saturated carbocycles. The summed E-state index contributed by atoms with van der Waals surface area (Å²) in [6, 6.07) is 15.5. The van der Waals surface area contributed by atoms with Crippen LogP contribution in [0.1, 0.15) is 18.5 Å². The summed E-state index contributed by atoms with van der Waals surface area (Å²) >= 11 is 0. The van der Waals surface area contributed by atoms with Gasteiger partial charge in [-0.3, -0.25) is 4.79 Å². The largest absolute Gasteiger partial charge is 0.497 e. The minimum Gasteiger partial charge on any atom is -0.497 e. The van der Waals surface area contributed by atoms with Gasteiger partial charge in [-0.25, -0.2) is 9.37 Å². The first-order valence-corrected chi connectivity index (χ1v) is 11.9. The Kier molecular flexibility index (Phi) is 6.45. The molecule has 8 nitrogen and oxygen atoms in total. The number of amides is 1. The fraction of sp³-hybridized carbons (Fsp3) is 0.296. The lowest BCUT2D eigenvalue weighted by Gasteiger charge is -2.33. The molecule has 1 saturated heterocycles. The summed E-state index contributed by atoms with van der Waals surface area (Å²) in [4.78, 5) is 19.9. The van der Waals surface area contributed by atoms with E-state index in [0.29, 0.717) is 43.1 Å². The van der Waals surface area contributed by atoms with E-state index in [1.807, 2.05) is 23.6 Å². The Morgan fingerprint density at radius 2 is 1.78 bits per heavy atom. The number of methoxy groups -OCH3 is 2. The number of hydrogen-bond donors (Lipinski definition) is 1. The Bertz CT molecular complexity index is 1390. The van der Waals surface area contributed by atoms with Gasteiger partial charge >= 0.3 is 0 Å². The van der Waals surface area contributed by atoms with Crippen molar-refractivity contribution in [3.8, 4) is 22.8 Å². The number of fused-ring (bicyclic) bond motifs is 1. The first kappa shape index (κ1) is 23.6. The van der Waals surface area contributed by atoms with Gasteiger partial charge in [0.25, 0.3) is 0 Å². The Balaban J connectivity index is 1.31. The van der Waals surface area contributed by atoms with Crippen LogP contribution >= 0.6 is 0 Å². The van der Waals surface area contributed by atoms with Crippen LogP contribution in [0.15, 0.2) is 54.6 Å². The number of carbonyl (C=O) groups excluding carboxylic acids is 1. The summed E-state index contributed by atoms with van der Waals surface area (Å²) in [6.45, 7) is 3.38. The highest BCUT2D eigenvalue weighted by molar-refractivity contribution is 5.94. The molecule has 0 aliphatic carbocycles. The monoisotopic (exact) mass is 489 g/mol. The molecule has 1 aliphatic heterocycles. The zero-order valence-electron chi connectivity index (χ0n) is 20.5. The molecule has 1 aliphatic rings. The highest BCUT2D eigenvalue weighted by atomic mass is 19.1. The fourth-order valence-electron chi connectivity index (χ4n) is 4.57. The van der Waals surface area contributed by atoms with Crippen molar-refractivity contribution in [1.82, 2.24) is 14.6 Å². The Labute approximate surface area is 208 Å². The van der Waals surface area contributed by atoms with Gasteiger partial charge in [-0.1, -0.05) is 0 Å². The lowest BCUT2D eigenvalue weighted by molar-refractivity contribution is -0.120. The maximum Gasteiger partial charge on any atom is 0.227 e. The maximum absolute atomic E-state index is 13.4. The molecule has 0 bridgehead atoms. The zero-order chi connectivity index (χ0) is 25.2. The number of anilines is 2. The van der Waals surface area contributed by atoms with Gasteiger partial charge in [0.2, 0.25) is 5.91 Å². The molecular weight excluding hydrogens is 461 g/mol. The second-order valence-corrected chi connectivity index (χ2v) is 8.88. The Morgan fingerprint density at radius 3 is 2.47 bits per heavy atom. The summed E-state index contributed by atoms with van der Waals surface area (Å²) in [5.74, 6) is 1.74. The molecule has 0 atom stereocenters. The lowest BCUT2D eigenvalue weighted by atomic mass is 9.95. The minimum atomic E-state index is -0.283. The molecule has 3 heterocycles. The van der Waals surface area contributed by atoms with Crippen LogP contribution in [-0.2, 0) is 4.79 Å². The van der Waals surface area contributed by atoms with E-state index in [-0.39, 0.29) is 17.6 Å². The van der Waals surface area contributed by atoms with Crippen molar-refractivity contribution in [1.29, 1.82) is 0 Å². The molecule has 2 aromatic heterocycles. The highest BCUT2D eigenvalue weighted by Gasteiger charge is 2.27. The van der Waals surface area contributed by atoms with Crippen LogP contribution in [0.2, 0.25) is 0 Å². The maximum atomic E-state index is 13.4. The predicted octanol–water partition coefficient (Wildman–Crippen LogP) is 4.72. The van der Waals surface area contributed by atoms with Crippen molar-refractivity contribution in [2.24, 2.45) is 5.92 Å². The summed E-state index contributed by atoms with van der Waals surface area (Å²) in [5, 5.41) is 7.77. The quantitative estimate of drug-likeness (QED) is 0.422. The van der Waals surface area contributed by atoms with Gasteiger partial charge in [-0.15, -0.1) is 0 Å². The lowest BCUT2D eigenvalue weighted by Crippen LogP contribution is -2.39. The van der Waals surface area contributed by atoms with Crippen LogP contribution in [0.25, 0.3) is 16.9 Å². The van der Waals surface area contributed by atoms with Crippen LogP contribution in [0.5, 0.6) is 11.5 Å². The van der Waals surface area contributed by atoms with Gasteiger partial charge in [0, 0.05) is 48.5 Å². The van der Waals surface area contributed by atoms with E-state index in [0.717, 1.165) is 28.4 Å². The van der Waals surface area contributed by atoms with E-state index in [1.54, 1.807) is 44.6 Å². The number of aromatic nitrogens is 3. The van der Waals surface area contributed by atoms with Gasteiger partial charge in [-0.2, -0.15) is 9.61 Å². The predicted molar refractivity (Wildman–Crippen MR) is 136 cm³/mol. The van der Waals surface area contributed by atoms with Crippen LogP contribution < -0.4 is 19.7 Å². The number of nitrogens with zero attached hydrogens (tertiary/aromatic N) is 4. The normalized spacial score (nSPS) is 14.2. The number of aryl methyl sites for hydroxylation is 1. The SMILES string of the molecule is COc1ccc(NC(=O)C2CCN(c3cc(C)nc4cc(-c5ccc(F)cc5)nn34)CC2)c(OC)c1. The van der Waals surface area contributed by atoms with E-state index in [4.69, 9.17) is 14.6 Å². The van der Waals surface area contributed by atoms with E-state index in [2.05, 4.69) is 15.2 Å². The zero-order valence-corrected chi connectivity index (χ0v) is 20.5. The summed E-state index contributed by atoms with van der Waals surface area (Å²) in [6.07, 6.45) is 1.42. The Morgan fingerprint density at radius 1 is 1.03 bits per heavy atom. The third-order valence-electron chi connectivity index (χ3n) is 6.53. The smallest absolute Gasteiger partial charge is 0.227 e. The second-order valence-electron chi connectivity index (χ2n) is 8.88. The summed E-state index contributed by atoms with van der Waals surface area (Å²) in [7, 11) is 3.16. The number of carbonyl (C=O) groups is 1. The molecule has 0 unspecified atom stereocenters. The molecule has 4 aromatic rings. The number of benzene rings is 2. The minimum absolute atomic E-state index is 0.0214. The molecular formula is C27H28FN5O3.